The van der Waals surface area contributed by atoms with Gasteiger partial charge in [0.2, 0.25) is 0 Å². The molecule has 0 atom stereocenters. The monoisotopic (exact) mass is 484 g/mol. The summed E-state index contributed by atoms with van der Waals surface area (Å²) in [6.45, 7) is 11.5. The number of hydrogen-bond donors (Lipinski definition) is 1. The van der Waals surface area contributed by atoms with E-state index in [9.17, 15) is 9.90 Å². The third kappa shape index (κ3) is 4.61. The lowest BCUT2D eigenvalue weighted by atomic mass is 9.93. The van der Waals surface area contributed by atoms with E-state index in [1.54, 1.807) is 17.1 Å². The largest absolute Gasteiger partial charge is 0.465 e. The minimum atomic E-state index is -1.81. The van der Waals surface area contributed by atoms with Crippen LogP contribution in [0.1, 0.15) is 52.5 Å². The highest BCUT2D eigenvalue weighted by molar-refractivity contribution is 6.74. The summed E-state index contributed by atoms with van der Waals surface area (Å²) in [7, 11) is 1.58. The molecule has 9 nitrogen and oxygen atoms in total. The summed E-state index contributed by atoms with van der Waals surface area (Å²) >= 11 is 0. The summed E-state index contributed by atoms with van der Waals surface area (Å²) in [5, 5.41) is 19.8. The van der Waals surface area contributed by atoms with Crippen molar-refractivity contribution in [2.24, 2.45) is 7.05 Å². The summed E-state index contributed by atoms with van der Waals surface area (Å²) in [5.74, 6) is 0.383. The van der Waals surface area contributed by atoms with Crippen LogP contribution < -0.4 is 4.90 Å². The molecule has 34 heavy (non-hydrogen) atoms. The first-order valence-electron chi connectivity index (χ1n) is 11.9. The molecule has 0 radical (unpaired) electrons. The Morgan fingerprint density at radius 1 is 1.21 bits per heavy atom. The fourth-order valence-electron chi connectivity index (χ4n) is 4.34. The van der Waals surface area contributed by atoms with Crippen molar-refractivity contribution in [1.82, 2.24) is 24.5 Å². The second-order valence-electron chi connectivity index (χ2n) is 10.9. The van der Waals surface area contributed by atoms with Crippen molar-refractivity contribution < 1.29 is 14.3 Å². The highest BCUT2D eigenvalue weighted by Gasteiger charge is 2.40. The Morgan fingerprint density at radius 2 is 1.88 bits per heavy atom. The lowest BCUT2D eigenvalue weighted by Gasteiger charge is -2.41. The topological polar surface area (TPSA) is 98.3 Å². The van der Waals surface area contributed by atoms with E-state index in [1.807, 2.05) is 19.3 Å². The Kier molecular flexibility index (Phi) is 6.32. The van der Waals surface area contributed by atoms with Gasteiger partial charge in [0, 0.05) is 49.6 Å². The van der Waals surface area contributed by atoms with E-state index in [-0.39, 0.29) is 17.2 Å². The van der Waals surface area contributed by atoms with Gasteiger partial charge >= 0.3 is 6.09 Å². The van der Waals surface area contributed by atoms with E-state index < -0.39 is 14.4 Å². The molecule has 1 fully saturated rings. The van der Waals surface area contributed by atoms with Crippen LogP contribution in [0.5, 0.6) is 0 Å². The Labute approximate surface area is 201 Å². The Bertz CT molecular complexity index is 1190. The molecule has 1 aliphatic carbocycles. The number of amides is 1. The van der Waals surface area contributed by atoms with Crippen LogP contribution in [-0.4, -0.2) is 57.2 Å². The Balaban J connectivity index is 1.65. The van der Waals surface area contributed by atoms with Crippen molar-refractivity contribution in [2.45, 2.75) is 76.7 Å². The molecule has 1 saturated carbocycles. The molecule has 0 aromatic carbocycles. The molecule has 3 aromatic rings. The van der Waals surface area contributed by atoms with Crippen molar-refractivity contribution >= 4 is 31.1 Å². The van der Waals surface area contributed by atoms with Gasteiger partial charge < -0.3 is 9.53 Å². The van der Waals surface area contributed by atoms with Gasteiger partial charge in [0.05, 0.1) is 17.8 Å². The van der Waals surface area contributed by atoms with Gasteiger partial charge in [0.15, 0.2) is 8.32 Å². The lowest BCUT2D eigenvalue weighted by molar-refractivity contribution is 0.116. The summed E-state index contributed by atoms with van der Waals surface area (Å²) in [5.41, 5.74) is 2.63. The van der Waals surface area contributed by atoms with Crippen LogP contribution in [0.4, 0.5) is 10.6 Å². The third-order valence-corrected chi connectivity index (χ3v) is 12.0. The summed E-state index contributed by atoms with van der Waals surface area (Å²) < 4.78 is 10.5. The van der Waals surface area contributed by atoms with Crippen molar-refractivity contribution in [3.8, 4) is 11.3 Å². The van der Waals surface area contributed by atoms with E-state index in [4.69, 9.17) is 9.52 Å². The molecule has 4 rings (SSSR count). The second-order valence-corrected chi connectivity index (χ2v) is 15.7. The molecule has 1 N–H and O–H groups in total. The molecule has 184 valence electrons. The van der Waals surface area contributed by atoms with Crippen LogP contribution in [0.3, 0.4) is 0 Å². The van der Waals surface area contributed by atoms with E-state index in [2.05, 4.69) is 48.6 Å². The molecule has 1 aliphatic rings. The zero-order valence-electron chi connectivity index (χ0n) is 21.2. The number of aromatic nitrogens is 5. The van der Waals surface area contributed by atoms with E-state index in [0.717, 1.165) is 52.7 Å². The van der Waals surface area contributed by atoms with Gasteiger partial charge in [0.1, 0.15) is 11.5 Å². The SMILES string of the molecule is CN(C(=O)O)c1cc2c(cn1)c(-c1cnn(C)c1)nn2[C@H]1CC[C@@H](O[Si](C)(C)C(C)(C)C)CC1. The highest BCUT2D eigenvalue weighted by Crippen LogP contribution is 2.41. The number of hydrogen-bond acceptors (Lipinski definition) is 5. The van der Waals surface area contributed by atoms with Crippen molar-refractivity contribution in [1.29, 1.82) is 0 Å². The highest BCUT2D eigenvalue weighted by atomic mass is 28.4. The fraction of sp³-hybridized carbons (Fsp3) is 0.583. The van der Waals surface area contributed by atoms with Crippen molar-refractivity contribution in [3.05, 3.63) is 24.7 Å². The average molecular weight is 485 g/mol. The molecular formula is C24H36N6O3Si. The van der Waals surface area contributed by atoms with Crippen LogP contribution in [0.25, 0.3) is 22.2 Å². The molecule has 3 aromatic heterocycles. The first-order valence-corrected chi connectivity index (χ1v) is 14.8. The van der Waals surface area contributed by atoms with Crippen LogP contribution in [0.15, 0.2) is 24.7 Å². The minimum absolute atomic E-state index is 0.195. The Morgan fingerprint density at radius 3 is 2.44 bits per heavy atom. The standard InChI is InChI=1S/C24H36N6O3Si/c1-24(2,3)34(6,7)33-18-10-8-17(9-11-18)30-20-12-21(29(5)23(31)32)25-14-19(20)22(27-30)16-13-26-28(4)15-16/h12-15,17-18H,8-11H2,1-7H3,(H,31,32)/t17-,18+. The number of carboxylic acid groups (broad SMARTS) is 1. The van der Waals surface area contributed by atoms with Gasteiger partial charge in [-0.05, 0) is 43.8 Å². The Hall–Kier alpha value is -2.72. The normalized spacial score (nSPS) is 19.5. The third-order valence-electron chi connectivity index (χ3n) is 7.44. The average Bonchev–Trinajstić information content (AvgIpc) is 3.35. The maximum atomic E-state index is 11.5. The van der Waals surface area contributed by atoms with Crippen molar-refractivity contribution in [2.75, 3.05) is 11.9 Å². The molecule has 3 heterocycles. The minimum Gasteiger partial charge on any atom is -0.465 e. The molecule has 0 spiro atoms. The first-order chi connectivity index (χ1) is 15.9. The summed E-state index contributed by atoms with van der Waals surface area (Å²) in [4.78, 5) is 17.0. The predicted octanol–water partition coefficient (Wildman–Crippen LogP) is 5.45. The molecular weight excluding hydrogens is 448 g/mol. The number of aryl methyl sites for hydroxylation is 1. The van der Waals surface area contributed by atoms with Gasteiger partial charge in [-0.2, -0.15) is 10.2 Å². The van der Waals surface area contributed by atoms with E-state index in [0.29, 0.717) is 5.82 Å². The maximum absolute atomic E-state index is 11.5. The molecule has 0 aliphatic heterocycles. The number of fused-ring (bicyclic) bond motifs is 1. The lowest BCUT2D eigenvalue weighted by Crippen LogP contribution is -2.44. The van der Waals surface area contributed by atoms with E-state index >= 15 is 0 Å². The number of carbonyl (C=O) groups is 1. The number of pyridine rings is 1. The zero-order valence-corrected chi connectivity index (χ0v) is 22.2. The quantitative estimate of drug-likeness (QED) is 0.484. The zero-order chi connectivity index (χ0) is 24.8. The first kappa shape index (κ1) is 24.4. The van der Waals surface area contributed by atoms with Gasteiger partial charge in [0.25, 0.3) is 0 Å². The maximum Gasteiger partial charge on any atom is 0.412 e. The van der Waals surface area contributed by atoms with Crippen LogP contribution in [0, 0.1) is 0 Å². The second kappa shape index (κ2) is 8.81. The van der Waals surface area contributed by atoms with E-state index in [1.165, 1.54) is 7.05 Å². The summed E-state index contributed by atoms with van der Waals surface area (Å²) in [6, 6.07) is 2.05. The molecule has 0 saturated heterocycles. The molecule has 0 unspecified atom stereocenters. The predicted molar refractivity (Wildman–Crippen MR) is 136 cm³/mol. The van der Waals surface area contributed by atoms with Gasteiger partial charge in [-0.3, -0.25) is 14.3 Å². The van der Waals surface area contributed by atoms with Crippen LogP contribution >= 0.6 is 0 Å². The van der Waals surface area contributed by atoms with Crippen LogP contribution in [0.2, 0.25) is 18.1 Å². The van der Waals surface area contributed by atoms with Gasteiger partial charge in [-0.1, -0.05) is 20.8 Å². The van der Waals surface area contributed by atoms with Crippen LogP contribution in [-0.2, 0) is 11.5 Å². The summed E-state index contributed by atoms with van der Waals surface area (Å²) in [6.07, 6.45) is 8.62. The smallest absolute Gasteiger partial charge is 0.412 e. The number of anilines is 1. The van der Waals surface area contributed by atoms with Gasteiger partial charge in [-0.25, -0.2) is 9.78 Å². The molecule has 1 amide bonds. The fourth-order valence-corrected chi connectivity index (χ4v) is 5.76. The molecule has 0 bridgehead atoms. The van der Waals surface area contributed by atoms with Gasteiger partial charge in [-0.15, -0.1) is 0 Å². The number of nitrogens with zero attached hydrogens (tertiary/aromatic N) is 6. The number of rotatable bonds is 5. The molecule has 10 heteroatoms. The van der Waals surface area contributed by atoms with Crippen molar-refractivity contribution in [3.63, 3.8) is 0 Å².